The van der Waals surface area contributed by atoms with Gasteiger partial charge in [0.1, 0.15) is 12.2 Å². The minimum Gasteiger partial charge on any atom is -0.460 e. The molecule has 0 radical (unpaired) electrons. The van der Waals surface area contributed by atoms with Crippen molar-refractivity contribution in [3.05, 3.63) is 48.0 Å². The Morgan fingerprint density at radius 2 is 1.92 bits per heavy atom. The highest BCUT2D eigenvalue weighted by molar-refractivity contribution is 5.82. The first-order valence-corrected chi connectivity index (χ1v) is 7.47. The summed E-state index contributed by atoms with van der Waals surface area (Å²) in [5.74, 6) is -1.59. The van der Waals surface area contributed by atoms with E-state index in [2.05, 4.69) is 4.74 Å². The maximum absolute atomic E-state index is 13.7. The summed E-state index contributed by atoms with van der Waals surface area (Å²) in [6.45, 7) is -0.524. The number of carbonyl (C=O) groups excluding carboxylic acids is 1. The maximum Gasteiger partial charge on any atom is 0.432 e. The molecule has 1 aliphatic carbocycles. The van der Waals surface area contributed by atoms with Gasteiger partial charge in [-0.2, -0.15) is 13.2 Å². The summed E-state index contributed by atoms with van der Waals surface area (Å²) in [4.78, 5) is 12.3. The Hall–Kier alpha value is -1.86. The first-order valence-electron chi connectivity index (χ1n) is 7.47. The third kappa shape index (κ3) is 3.47. The lowest BCUT2D eigenvalue weighted by Crippen LogP contribution is -2.52. The molecule has 1 aromatic carbocycles. The number of hydrogen-bond donors (Lipinski definition) is 1. The molecular weight excluding hydrogens is 325 g/mol. The van der Waals surface area contributed by atoms with Crippen LogP contribution in [0.25, 0.3) is 0 Å². The van der Waals surface area contributed by atoms with Crippen LogP contribution in [-0.4, -0.2) is 36.6 Å². The second-order valence-corrected chi connectivity index (χ2v) is 5.76. The van der Waals surface area contributed by atoms with E-state index in [0.29, 0.717) is 12.8 Å². The number of rotatable bonds is 5. The lowest BCUT2D eigenvalue weighted by molar-refractivity contribution is -0.278. The molecule has 132 valence electrons. The molecule has 0 saturated carbocycles. The fourth-order valence-corrected chi connectivity index (χ4v) is 2.69. The Morgan fingerprint density at radius 1 is 1.25 bits per heavy atom. The molecule has 0 aliphatic heterocycles. The van der Waals surface area contributed by atoms with Crippen LogP contribution in [0, 0.1) is 0 Å². The quantitative estimate of drug-likeness (QED) is 0.659. The Labute approximate surface area is 137 Å². The number of aliphatic hydroxyl groups is 1. The zero-order valence-electron chi connectivity index (χ0n) is 13.2. The second kappa shape index (κ2) is 6.94. The molecule has 0 heterocycles. The van der Waals surface area contributed by atoms with Crippen molar-refractivity contribution in [2.75, 3.05) is 13.7 Å². The summed E-state index contributed by atoms with van der Waals surface area (Å²) < 4.78 is 50.5. The van der Waals surface area contributed by atoms with Gasteiger partial charge in [-0.1, -0.05) is 42.5 Å². The summed E-state index contributed by atoms with van der Waals surface area (Å²) >= 11 is 0. The van der Waals surface area contributed by atoms with Gasteiger partial charge < -0.3 is 14.6 Å². The van der Waals surface area contributed by atoms with Gasteiger partial charge in [-0.25, -0.2) is 4.79 Å². The van der Waals surface area contributed by atoms with Gasteiger partial charge in [0, 0.05) is 12.7 Å². The number of benzene rings is 1. The summed E-state index contributed by atoms with van der Waals surface area (Å²) in [7, 11) is 0.805. The molecule has 0 amide bonds. The molecular formula is C17H19F3O4. The zero-order chi connectivity index (χ0) is 17.8. The van der Waals surface area contributed by atoms with E-state index < -0.39 is 30.0 Å². The van der Waals surface area contributed by atoms with Crippen LogP contribution < -0.4 is 0 Å². The molecule has 7 heteroatoms. The van der Waals surface area contributed by atoms with Gasteiger partial charge in [0.15, 0.2) is 0 Å². The van der Waals surface area contributed by atoms with E-state index in [0.717, 1.165) is 19.2 Å². The van der Waals surface area contributed by atoms with Crippen LogP contribution in [-0.2, 0) is 19.9 Å². The number of hydrogen-bond acceptors (Lipinski definition) is 4. The van der Waals surface area contributed by atoms with Gasteiger partial charge in [-0.3, -0.25) is 0 Å². The Kier molecular flexibility index (Phi) is 5.35. The average molecular weight is 344 g/mol. The molecule has 0 aromatic heterocycles. The van der Waals surface area contributed by atoms with Crippen molar-refractivity contribution in [1.29, 1.82) is 0 Å². The number of alkyl halides is 3. The number of carbonyl (C=O) groups is 1. The summed E-state index contributed by atoms with van der Waals surface area (Å²) in [6, 6.07) is 6.58. The molecule has 2 atom stereocenters. The Morgan fingerprint density at radius 3 is 2.42 bits per heavy atom. The summed E-state index contributed by atoms with van der Waals surface area (Å²) in [6.07, 6.45) is -0.347. The van der Waals surface area contributed by atoms with Gasteiger partial charge >= 0.3 is 12.1 Å². The third-order valence-corrected chi connectivity index (χ3v) is 4.09. The molecule has 0 unspecified atom stereocenters. The summed E-state index contributed by atoms with van der Waals surface area (Å²) in [5, 5.41) is 10.3. The number of ether oxygens (including phenoxy) is 2. The van der Waals surface area contributed by atoms with Gasteiger partial charge in [-0.15, -0.1) is 0 Å². The van der Waals surface area contributed by atoms with Crippen LogP contribution in [0.1, 0.15) is 24.8 Å². The minimum absolute atomic E-state index is 0.220. The second-order valence-electron chi connectivity index (χ2n) is 5.76. The molecule has 1 aromatic rings. The molecule has 2 rings (SSSR count). The highest BCUT2D eigenvalue weighted by Gasteiger charge is 2.64. The molecule has 0 spiro atoms. The zero-order valence-corrected chi connectivity index (χ0v) is 13.2. The molecule has 1 aliphatic rings. The highest BCUT2D eigenvalue weighted by atomic mass is 19.4. The molecule has 0 saturated heterocycles. The van der Waals surface area contributed by atoms with Crippen LogP contribution >= 0.6 is 0 Å². The van der Waals surface area contributed by atoms with E-state index >= 15 is 0 Å². The van der Waals surface area contributed by atoms with Gasteiger partial charge in [0.2, 0.25) is 0 Å². The molecule has 0 bridgehead atoms. The van der Waals surface area contributed by atoms with Crippen molar-refractivity contribution in [1.82, 2.24) is 0 Å². The minimum atomic E-state index is -5.02. The first-order chi connectivity index (χ1) is 11.3. The largest absolute Gasteiger partial charge is 0.460 e. The normalized spacial score (nSPS) is 23.5. The van der Waals surface area contributed by atoms with Crippen LogP contribution in [0.15, 0.2) is 42.5 Å². The van der Waals surface area contributed by atoms with Crippen LogP contribution in [0.2, 0.25) is 0 Å². The molecule has 24 heavy (non-hydrogen) atoms. The van der Waals surface area contributed by atoms with E-state index in [1.807, 2.05) is 6.08 Å². The van der Waals surface area contributed by atoms with Crippen LogP contribution in [0.3, 0.4) is 0 Å². The fraction of sp³-hybridized carbons (Fsp3) is 0.471. The maximum atomic E-state index is 13.7. The lowest BCUT2D eigenvalue weighted by atomic mass is 9.89. The Balaban J connectivity index is 2.27. The Bertz CT molecular complexity index is 600. The number of methoxy groups -OCH3 is 1. The van der Waals surface area contributed by atoms with E-state index in [-0.39, 0.29) is 12.0 Å². The van der Waals surface area contributed by atoms with Crippen LogP contribution in [0.4, 0.5) is 13.2 Å². The smallest absolute Gasteiger partial charge is 0.432 e. The number of halogens is 3. The van der Waals surface area contributed by atoms with E-state index in [4.69, 9.17) is 4.74 Å². The van der Waals surface area contributed by atoms with E-state index in [1.54, 1.807) is 6.08 Å². The van der Waals surface area contributed by atoms with Gasteiger partial charge in [0.25, 0.3) is 5.60 Å². The van der Waals surface area contributed by atoms with Crippen LogP contribution in [0.5, 0.6) is 0 Å². The monoisotopic (exact) mass is 344 g/mol. The highest BCUT2D eigenvalue weighted by Crippen LogP contribution is 2.43. The van der Waals surface area contributed by atoms with Crippen molar-refractivity contribution in [2.24, 2.45) is 0 Å². The first kappa shape index (κ1) is 18.5. The van der Waals surface area contributed by atoms with Crippen molar-refractivity contribution >= 4 is 5.97 Å². The van der Waals surface area contributed by atoms with Crippen molar-refractivity contribution in [2.45, 2.75) is 36.6 Å². The number of allylic oxidation sites excluding steroid dienone is 1. The predicted molar refractivity (Wildman–Crippen MR) is 80.1 cm³/mol. The molecule has 1 N–H and O–H groups in total. The number of esters is 1. The van der Waals surface area contributed by atoms with Crippen molar-refractivity contribution in [3.8, 4) is 0 Å². The van der Waals surface area contributed by atoms with Crippen molar-refractivity contribution in [3.63, 3.8) is 0 Å². The molecule has 0 fully saturated rings. The van der Waals surface area contributed by atoms with E-state index in [1.165, 1.54) is 18.2 Å². The fourth-order valence-electron chi connectivity index (χ4n) is 2.69. The predicted octanol–water partition coefficient (Wildman–Crippen LogP) is 3.11. The molecule has 4 nitrogen and oxygen atoms in total. The third-order valence-electron chi connectivity index (χ3n) is 4.09. The van der Waals surface area contributed by atoms with Gasteiger partial charge in [0.05, 0.1) is 0 Å². The van der Waals surface area contributed by atoms with E-state index in [9.17, 15) is 23.1 Å². The summed E-state index contributed by atoms with van der Waals surface area (Å²) in [5.41, 5.74) is -4.96. The van der Waals surface area contributed by atoms with Crippen molar-refractivity contribution < 1.29 is 32.5 Å². The lowest BCUT2D eigenvalue weighted by Gasteiger charge is -2.34. The average Bonchev–Trinajstić information content (AvgIpc) is 2.55. The standard InChI is InChI=1S/C17H19F3O4/c1-23-16(17(18,19)20,13-8-4-2-5-9-13)14(21)24-12-15(22)10-6-3-7-11-15/h2-6,8-9,22H,7,10-12H2,1H3/t15-,16-/m1/s1. The topological polar surface area (TPSA) is 55.8 Å². The van der Waals surface area contributed by atoms with Gasteiger partial charge in [-0.05, 0) is 19.3 Å². The SMILES string of the molecule is CO[C@@](C(=O)OC[C@@]1(O)CC=CCC1)(c1ccccc1)C(F)(F)F.